The quantitative estimate of drug-likeness (QED) is 0.125. The fraction of sp³-hybridized carbons (Fsp3) is 0.800. The lowest BCUT2D eigenvalue weighted by molar-refractivity contribution is -0.157. The van der Waals surface area contributed by atoms with Gasteiger partial charge in [-0.2, -0.15) is 0 Å². The van der Waals surface area contributed by atoms with Crippen molar-refractivity contribution in [2.45, 2.75) is 142 Å². The second-order valence-corrected chi connectivity index (χ2v) is 12.8. The van der Waals surface area contributed by atoms with Gasteiger partial charge in [0, 0.05) is 37.9 Å². The van der Waals surface area contributed by atoms with Crippen LogP contribution in [0.4, 0.5) is 0 Å². The van der Waals surface area contributed by atoms with E-state index in [-0.39, 0.29) is 18.1 Å². The molecule has 0 bridgehead atoms. The summed E-state index contributed by atoms with van der Waals surface area (Å²) in [5, 5.41) is 0. The Bertz CT molecular complexity index is 869. The van der Waals surface area contributed by atoms with Gasteiger partial charge in [-0.25, -0.2) is 0 Å². The van der Waals surface area contributed by atoms with E-state index in [1.54, 1.807) is 14.2 Å². The monoisotopic (exact) mass is 557 g/mol. The number of methoxy groups -OCH3 is 2. The number of rotatable bonds is 19. The van der Waals surface area contributed by atoms with E-state index < -0.39 is 0 Å². The van der Waals surface area contributed by atoms with Gasteiger partial charge in [0.25, 0.3) is 0 Å². The molecular formula is C35H59NO4. The third kappa shape index (κ3) is 10.3. The third-order valence-corrected chi connectivity index (χ3v) is 9.11. The lowest BCUT2D eigenvalue weighted by Crippen LogP contribution is -2.49. The first kappa shape index (κ1) is 32.8. The Morgan fingerprint density at radius 2 is 1.45 bits per heavy atom. The van der Waals surface area contributed by atoms with Crippen LogP contribution in [0.5, 0.6) is 11.5 Å². The van der Waals surface area contributed by atoms with E-state index in [0.29, 0.717) is 18.3 Å². The molecular weight excluding hydrogens is 498 g/mol. The molecule has 1 aromatic rings. The topological polar surface area (TPSA) is 48.0 Å². The van der Waals surface area contributed by atoms with Gasteiger partial charge in [-0.15, -0.1) is 0 Å². The number of ether oxygens (including phenoxy) is 3. The van der Waals surface area contributed by atoms with Crippen LogP contribution in [0, 0.1) is 11.8 Å². The average Bonchev–Trinajstić information content (AvgIpc) is 2.94. The fourth-order valence-electron chi connectivity index (χ4n) is 6.90. The SMILES string of the molecule is CCCCCCCCCCCCCCCC(=O)O[C@@H]1C[C@@H]2c3cc(OC)c(OC)cc3CCN2C[C@H]1CC(C)C. The zero-order valence-electron chi connectivity index (χ0n) is 26.5. The van der Waals surface area contributed by atoms with Crippen molar-refractivity contribution in [1.82, 2.24) is 4.90 Å². The molecule has 2 aliphatic heterocycles. The lowest BCUT2D eigenvalue weighted by Gasteiger charge is -2.47. The molecule has 2 aliphatic rings. The molecule has 0 unspecified atom stereocenters. The normalized spacial score (nSPS) is 20.7. The first-order valence-corrected chi connectivity index (χ1v) is 16.6. The standard InChI is InChI=1S/C35H59NO4/c1-6-7-8-9-10-11-12-13-14-15-16-17-18-19-35(37)40-32-25-31-30-24-34(39-5)33(38-4)23-28(30)20-21-36(31)26-29(32)22-27(2)3/h23-24,27,29,31-32H,6-22,25-26H2,1-5H3/t29-,31-,32-/m1/s1. The van der Waals surface area contributed by atoms with Gasteiger partial charge in [0.15, 0.2) is 11.5 Å². The smallest absolute Gasteiger partial charge is 0.306 e. The highest BCUT2D eigenvalue weighted by Gasteiger charge is 2.41. The summed E-state index contributed by atoms with van der Waals surface area (Å²) in [6.07, 6.45) is 20.6. The molecule has 228 valence electrons. The van der Waals surface area contributed by atoms with Crippen LogP contribution >= 0.6 is 0 Å². The summed E-state index contributed by atoms with van der Waals surface area (Å²) in [5.74, 6) is 2.56. The van der Waals surface area contributed by atoms with Crippen molar-refractivity contribution in [3.8, 4) is 11.5 Å². The Hall–Kier alpha value is -1.75. The Morgan fingerprint density at radius 1 is 0.875 bits per heavy atom. The van der Waals surface area contributed by atoms with Crippen molar-refractivity contribution in [1.29, 1.82) is 0 Å². The molecule has 2 heterocycles. The van der Waals surface area contributed by atoms with E-state index in [2.05, 4.69) is 37.8 Å². The van der Waals surface area contributed by atoms with Gasteiger partial charge in [-0.3, -0.25) is 9.69 Å². The van der Waals surface area contributed by atoms with Crippen molar-refractivity contribution in [2.24, 2.45) is 11.8 Å². The fourth-order valence-corrected chi connectivity index (χ4v) is 6.90. The van der Waals surface area contributed by atoms with Crippen LogP contribution in [-0.4, -0.2) is 44.3 Å². The number of hydrogen-bond donors (Lipinski definition) is 0. The molecule has 1 saturated heterocycles. The van der Waals surface area contributed by atoms with Crippen LogP contribution in [0.3, 0.4) is 0 Å². The maximum Gasteiger partial charge on any atom is 0.306 e. The van der Waals surface area contributed by atoms with Gasteiger partial charge in [-0.1, -0.05) is 97.8 Å². The highest BCUT2D eigenvalue weighted by Crippen LogP contribution is 2.44. The maximum atomic E-state index is 13.0. The van der Waals surface area contributed by atoms with Crippen molar-refractivity contribution in [3.63, 3.8) is 0 Å². The van der Waals surface area contributed by atoms with Gasteiger partial charge < -0.3 is 14.2 Å². The molecule has 3 atom stereocenters. The number of piperidine rings is 1. The average molecular weight is 558 g/mol. The van der Waals surface area contributed by atoms with Gasteiger partial charge >= 0.3 is 5.97 Å². The molecule has 0 amide bonds. The molecule has 1 fully saturated rings. The Balaban J connectivity index is 1.42. The first-order chi connectivity index (χ1) is 19.5. The summed E-state index contributed by atoms with van der Waals surface area (Å²) in [7, 11) is 3.40. The van der Waals surface area contributed by atoms with Crippen molar-refractivity contribution >= 4 is 5.97 Å². The molecule has 0 aliphatic carbocycles. The lowest BCUT2D eigenvalue weighted by atomic mass is 9.79. The Labute approximate surface area is 245 Å². The summed E-state index contributed by atoms with van der Waals surface area (Å²) in [6.45, 7) is 8.87. The van der Waals surface area contributed by atoms with Gasteiger partial charge in [0.2, 0.25) is 0 Å². The van der Waals surface area contributed by atoms with Crippen molar-refractivity contribution < 1.29 is 19.0 Å². The number of hydrogen-bond acceptors (Lipinski definition) is 5. The van der Waals surface area contributed by atoms with Crippen LogP contribution in [0.1, 0.15) is 141 Å². The molecule has 40 heavy (non-hydrogen) atoms. The van der Waals surface area contributed by atoms with Crippen LogP contribution in [-0.2, 0) is 16.0 Å². The Morgan fingerprint density at radius 3 is 2.02 bits per heavy atom. The largest absolute Gasteiger partial charge is 0.493 e. The van der Waals surface area contributed by atoms with Crippen LogP contribution in [0.2, 0.25) is 0 Å². The van der Waals surface area contributed by atoms with Gasteiger partial charge in [-0.05, 0) is 48.4 Å². The molecule has 0 aromatic heterocycles. The second kappa shape index (κ2) is 17.9. The van der Waals surface area contributed by atoms with Gasteiger partial charge in [0.1, 0.15) is 6.10 Å². The van der Waals surface area contributed by atoms with E-state index in [0.717, 1.165) is 56.7 Å². The van der Waals surface area contributed by atoms with Gasteiger partial charge in [0.05, 0.1) is 14.2 Å². The third-order valence-electron chi connectivity index (χ3n) is 9.11. The van der Waals surface area contributed by atoms with E-state index >= 15 is 0 Å². The molecule has 0 radical (unpaired) electrons. The predicted octanol–water partition coefficient (Wildman–Crippen LogP) is 9.06. The number of esters is 1. The number of carbonyl (C=O) groups is 1. The van der Waals surface area contributed by atoms with Crippen LogP contribution < -0.4 is 9.47 Å². The predicted molar refractivity (Wildman–Crippen MR) is 165 cm³/mol. The zero-order chi connectivity index (χ0) is 28.7. The molecule has 0 spiro atoms. The van der Waals surface area contributed by atoms with E-state index in [1.165, 1.54) is 81.8 Å². The van der Waals surface area contributed by atoms with Crippen LogP contribution in [0.15, 0.2) is 12.1 Å². The summed E-state index contributed by atoms with van der Waals surface area (Å²) in [6, 6.07) is 4.56. The molecule has 0 saturated carbocycles. The van der Waals surface area contributed by atoms with E-state index in [4.69, 9.17) is 14.2 Å². The summed E-state index contributed by atoms with van der Waals surface area (Å²) in [5.41, 5.74) is 2.64. The summed E-state index contributed by atoms with van der Waals surface area (Å²) < 4.78 is 17.5. The number of benzene rings is 1. The highest BCUT2D eigenvalue weighted by molar-refractivity contribution is 5.69. The summed E-state index contributed by atoms with van der Waals surface area (Å²) >= 11 is 0. The number of carbonyl (C=O) groups excluding carboxylic acids is 1. The molecule has 1 aromatic carbocycles. The molecule has 3 rings (SSSR count). The summed E-state index contributed by atoms with van der Waals surface area (Å²) in [4.78, 5) is 15.6. The first-order valence-electron chi connectivity index (χ1n) is 16.6. The minimum absolute atomic E-state index is 0.00127. The minimum atomic E-state index is -0.0165. The zero-order valence-corrected chi connectivity index (χ0v) is 26.5. The van der Waals surface area contributed by atoms with Crippen LogP contribution in [0.25, 0.3) is 0 Å². The molecule has 5 nitrogen and oxygen atoms in total. The Kier molecular flexibility index (Phi) is 14.7. The number of fused-ring (bicyclic) bond motifs is 3. The van der Waals surface area contributed by atoms with Crippen molar-refractivity contribution in [2.75, 3.05) is 27.3 Å². The van der Waals surface area contributed by atoms with Crippen molar-refractivity contribution in [3.05, 3.63) is 23.3 Å². The van der Waals surface area contributed by atoms with E-state index in [9.17, 15) is 4.79 Å². The molecule has 5 heteroatoms. The second-order valence-electron chi connectivity index (χ2n) is 12.8. The van der Waals surface area contributed by atoms with E-state index in [1.807, 2.05) is 0 Å². The molecule has 0 N–H and O–H groups in total. The number of nitrogens with zero attached hydrogens (tertiary/aromatic N) is 1. The maximum absolute atomic E-state index is 13.0. The number of unbranched alkanes of at least 4 members (excludes halogenated alkanes) is 12. The minimum Gasteiger partial charge on any atom is -0.493 e. The highest BCUT2D eigenvalue weighted by atomic mass is 16.5.